The van der Waals surface area contributed by atoms with Crippen LogP contribution in [0, 0.1) is 0 Å². The van der Waals surface area contributed by atoms with E-state index in [1.165, 1.54) is 0 Å². The summed E-state index contributed by atoms with van der Waals surface area (Å²) in [5, 5.41) is 9.33. The molecule has 0 spiro atoms. The standard InChI is InChI=1S/C12H12O3.Li.H/c1-11-6-7-12(15-11,10(13)14)9-5-3-2-4-8(9)11;;/h2-5H,6-7H2,1H3,(H,13,14);;/q;+1;-1/t11-,12+;;/m0../s1. The Balaban J connectivity index is 0.000000722. The van der Waals surface area contributed by atoms with E-state index in [0.717, 1.165) is 17.5 Å². The van der Waals surface area contributed by atoms with Crippen molar-refractivity contribution in [2.24, 2.45) is 0 Å². The van der Waals surface area contributed by atoms with Crippen LogP contribution in [0.4, 0.5) is 0 Å². The van der Waals surface area contributed by atoms with E-state index < -0.39 is 17.2 Å². The van der Waals surface area contributed by atoms with Gasteiger partial charge in [0.1, 0.15) is 0 Å². The van der Waals surface area contributed by atoms with Crippen LogP contribution in [0.2, 0.25) is 0 Å². The average molecular weight is 212 g/mol. The fourth-order valence-corrected chi connectivity index (χ4v) is 2.84. The molecule has 80 valence electrons. The molecule has 3 nitrogen and oxygen atoms in total. The Kier molecular flexibility index (Phi) is 2.47. The summed E-state index contributed by atoms with van der Waals surface area (Å²) < 4.78 is 5.78. The third-order valence-corrected chi connectivity index (χ3v) is 3.63. The van der Waals surface area contributed by atoms with E-state index in [1.807, 2.05) is 31.2 Å². The number of hydrogen-bond donors (Lipinski definition) is 1. The predicted octanol–water partition coefficient (Wildman–Crippen LogP) is -0.878. The van der Waals surface area contributed by atoms with Crippen LogP contribution in [-0.4, -0.2) is 11.1 Å². The first kappa shape index (κ1) is 11.7. The van der Waals surface area contributed by atoms with Crippen molar-refractivity contribution in [2.45, 2.75) is 31.0 Å². The third kappa shape index (κ3) is 1.17. The first-order chi connectivity index (χ1) is 7.08. The van der Waals surface area contributed by atoms with Gasteiger partial charge >= 0.3 is 24.8 Å². The molecule has 3 rings (SSSR count). The van der Waals surface area contributed by atoms with Gasteiger partial charge in [-0.05, 0) is 25.3 Å². The molecular formula is C12H13LiO3. The monoisotopic (exact) mass is 212 g/mol. The Hall–Kier alpha value is -0.753. The minimum Gasteiger partial charge on any atom is -1.00 e. The zero-order valence-electron chi connectivity index (χ0n) is 10.5. The SMILES string of the molecule is C[C@@]12CC[C@@](C(=O)O)(O1)c1ccccc12.[H-].[Li+]. The Morgan fingerprint density at radius 2 is 2.00 bits per heavy atom. The summed E-state index contributed by atoms with van der Waals surface area (Å²) in [6, 6.07) is 7.65. The van der Waals surface area contributed by atoms with Gasteiger partial charge in [0.2, 0.25) is 0 Å². The molecule has 0 radical (unpaired) electrons. The Morgan fingerprint density at radius 1 is 1.38 bits per heavy atom. The van der Waals surface area contributed by atoms with Gasteiger partial charge in [0.25, 0.3) is 0 Å². The molecule has 4 heteroatoms. The molecule has 2 bridgehead atoms. The molecule has 16 heavy (non-hydrogen) atoms. The zero-order valence-corrected chi connectivity index (χ0v) is 9.49. The van der Waals surface area contributed by atoms with E-state index in [9.17, 15) is 9.90 Å². The molecule has 0 unspecified atom stereocenters. The fourth-order valence-electron chi connectivity index (χ4n) is 2.84. The number of ether oxygens (including phenoxy) is 1. The number of benzene rings is 1. The summed E-state index contributed by atoms with van der Waals surface area (Å²) in [6.45, 7) is 1.98. The van der Waals surface area contributed by atoms with Crippen LogP contribution >= 0.6 is 0 Å². The summed E-state index contributed by atoms with van der Waals surface area (Å²) in [4.78, 5) is 11.4. The maximum atomic E-state index is 11.4. The maximum absolute atomic E-state index is 11.4. The molecule has 2 heterocycles. The van der Waals surface area contributed by atoms with Gasteiger partial charge in [-0.2, -0.15) is 0 Å². The maximum Gasteiger partial charge on any atom is 1.00 e. The normalized spacial score (nSPS) is 34.3. The van der Waals surface area contributed by atoms with Crippen molar-refractivity contribution in [3.63, 3.8) is 0 Å². The second kappa shape index (κ2) is 3.37. The Morgan fingerprint density at radius 3 is 2.62 bits per heavy atom. The molecule has 1 aromatic carbocycles. The van der Waals surface area contributed by atoms with Crippen molar-refractivity contribution in [2.75, 3.05) is 0 Å². The van der Waals surface area contributed by atoms with Crippen LogP contribution in [0.5, 0.6) is 0 Å². The first-order valence-electron chi connectivity index (χ1n) is 5.12. The van der Waals surface area contributed by atoms with Crippen LogP contribution < -0.4 is 18.9 Å². The van der Waals surface area contributed by atoms with Gasteiger partial charge in [-0.1, -0.05) is 24.3 Å². The van der Waals surface area contributed by atoms with Gasteiger partial charge in [-0.15, -0.1) is 0 Å². The summed E-state index contributed by atoms with van der Waals surface area (Å²) in [5.41, 5.74) is 0.408. The molecule has 0 aliphatic carbocycles. The van der Waals surface area contributed by atoms with Gasteiger partial charge in [0, 0.05) is 5.56 Å². The van der Waals surface area contributed by atoms with E-state index in [0.29, 0.717) is 6.42 Å². The zero-order chi connectivity index (χ0) is 10.7. The molecule has 2 aliphatic rings. The summed E-state index contributed by atoms with van der Waals surface area (Å²) >= 11 is 0. The van der Waals surface area contributed by atoms with E-state index in [2.05, 4.69) is 0 Å². The second-order valence-electron chi connectivity index (χ2n) is 4.51. The predicted molar refractivity (Wildman–Crippen MR) is 54.5 cm³/mol. The summed E-state index contributed by atoms with van der Waals surface area (Å²) in [6.07, 6.45) is 1.37. The Bertz CT molecular complexity index is 465. The van der Waals surface area contributed by atoms with Crippen LogP contribution in [0.1, 0.15) is 32.3 Å². The quantitative estimate of drug-likeness (QED) is 0.615. The molecule has 1 fully saturated rings. The number of rotatable bonds is 1. The number of carboxylic acid groups (broad SMARTS) is 1. The molecule has 1 saturated heterocycles. The van der Waals surface area contributed by atoms with Gasteiger partial charge < -0.3 is 11.3 Å². The van der Waals surface area contributed by atoms with Gasteiger partial charge in [0.15, 0.2) is 5.60 Å². The van der Waals surface area contributed by atoms with E-state index in [4.69, 9.17) is 4.74 Å². The smallest absolute Gasteiger partial charge is 1.00 e. The fraction of sp³-hybridized carbons (Fsp3) is 0.417. The van der Waals surface area contributed by atoms with Crippen molar-refractivity contribution in [3.05, 3.63) is 35.4 Å². The van der Waals surface area contributed by atoms with Crippen molar-refractivity contribution in [1.82, 2.24) is 0 Å². The van der Waals surface area contributed by atoms with Crippen molar-refractivity contribution >= 4 is 5.97 Å². The molecule has 0 amide bonds. The number of aliphatic carboxylic acids is 1. The molecule has 2 aliphatic heterocycles. The van der Waals surface area contributed by atoms with Crippen LogP contribution in [0.15, 0.2) is 24.3 Å². The van der Waals surface area contributed by atoms with Crippen molar-refractivity contribution in [3.8, 4) is 0 Å². The van der Waals surface area contributed by atoms with Gasteiger partial charge in [0.05, 0.1) is 5.60 Å². The minimum atomic E-state index is -1.08. The van der Waals surface area contributed by atoms with Crippen molar-refractivity contribution in [1.29, 1.82) is 0 Å². The molecule has 0 saturated carbocycles. The number of carbonyl (C=O) groups is 1. The largest absolute Gasteiger partial charge is 1.00 e. The van der Waals surface area contributed by atoms with Gasteiger partial charge in [-0.25, -0.2) is 4.79 Å². The first-order valence-corrected chi connectivity index (χ1v) is 5.12. The second-order valence-corrected chi connectivity index (χ2v) is 4.51. The summed E-state index contributed by atoms with van der Waals surface area (Å²) in [7, 11) is 0. The number of carboxylic acids is 1. The molecule has 2 atom stereocenters. The molecule has 1 aromatic rings. The Labute approximate surface area is 107 Å². The number of hydrogen-bond acceptors (Lipinski definition) is 2. The molecular weight excluding hydrogens is 199 g/mol. The van der Waals surface area contributed by atoms with Crippen LogP contribution in [0.25, 0.3) is 0 Å². The van der Waals surface area contributed by atoms with E-state index in [-0.39, 0.29) is 20.3 Å². The molecule has 1 N–H and O–H groups in total. The van der Waals surface area contributed by atoms with E-state index in [1.54, 1.807) is 0 Å². The average Bonchev–Trinajstić information content (AvgIpc) is 2.70. The van der Waals surface area contributed by atoms with Crippen molar-refractivity contribution < 1.29 is 34.9 Å². The van der Waals surface area contributed by atoms with Crippen LogP contribution in [-0.2, 0) is 20.7 Å². The third-order valence-electron chi connectivity index (χ3n) is 3.63. The van der Waals surface area contributed by atoms with E-state index >= 15 is 0 Å². The number of fused-ring (bicyclic) bond motifs is 5. The summed E-state index contributed by atoms with van der Waals surface area (Å²) in [5.74, 6) is -0.865. The van der Waals surface area contributed by atoms with Crippen LogP contribution in [0.3, 0.4) is 0 Å². The minimum absolute atomic E-state index is 0. The van der Waals surface area contributed by atoms with Gasteiger partial charge in [-0.3, -0.25) is 0 Å². The topological polar surface area (TPSA) is 46.5 Å². The molecule has 0 aromatic heterocycles.